The zero-order valence-corrected chi connectivity index (χ0v) is 18.3. The Hall–Kier alpha value is -2.87. The number of carbonyl (C=O) groups is 1. The zero-order chi connectivity index (χ0) is 21.3. The van der Waals surface area contributed by atoms with Crippen molar-refractivity contribution in [2.45, 2.75) is 20.8 Å². The molecule has 1 saturated heterocycles. The number of anilines is 1. The van der Waals surface area contributed by atoms with Gasteiger partial charge in [-0.15, -0.1) is 11.3 Å². The SMILES string of the molecule is Cc1csc2nc(-c3ccccc3O)nc(N3CCN(C(=O)OCC(C)C)CC3)c12. The molecule has 0 atom stereocenters. The maximum absolute atomic E-state index is 12.3. The number of aromatic nitrogens is 2. The van der Waals surface area contributed by atoms with Crippen LogP contribution in [-0.4, -0.2) is 58.9 Å². The number of benzene rings is 1. The highest BCUT2D eigenvalue weighted by Gasteiger charge is 2.26. The summed E-state index contributed by atoms with van der Waals surface area (Å²) >= 11 is 1.58. The van der Waals surface area contributed by atoms with Crippen LogP contribution in [0.4, 0.5) is 10.6 Å². The highest BCUT2D eigenvalue weighted by molar-refractivity contribution is 7.17. The van der Waals surface area contributed by atoms with E-state index in [2.05, 4.69) is 17.2 Å². The van der Waals surface area contributed by atoms with E-state index in [1.54, 1.807) is 28.4 Å². The number of aryl methyl sites for hydroxylation is 1. The predicted octanol–water partition coefficient (Wildman–Crippen LogP) is 4.29. The van der Waals surface area contributed by atoms with Crippen LogP contribution >= 0.6 is 11.3 Å². The summed E-state index contributed by atoms with van der Waals surface area (Å²) < 4.78 is 5.37. The molecule has 0 saturated carbocycles. The van der Waals surface area contributed by atoms with Gasteiger partial charge in [-0.2, -0.15) is 0 Å². The first-order chi connectivity index (χ1) is 14.4. The predicted molar refractivity (Wildman–Crippen MR) is 119 cm³/mol. The molecule has 158 valence electrons. The van der Waals surface area contributed by atoms with Crippen LogP contribution in [0.1, 0.15) is 19.4 Å². The van der Waals surface area contributed by atoms with E-state index < -0.39 is 0 Å². The van der Waals surface area contributed by atoms with Gasteiger partial charge in [-0.1, -0.05) is 26.0 Å². The van der Waals surface area contributed by atoms with Gasteiger partial charge in [0.05, 0.1) is 17.6 Å². The summed E-state index contributed by atoms with van der Waals surface area (Å²) in [5.74, 6) is 1.84. The number of nitrogens with zero attached hydrogens (tertiary/aromatic N) is 4. The van der Waals surface area contributed by atoms with Gasteiger partial charge in [0.2, 0.25) is 0 Å². The minimum atomic E-state index is -0.252. The first kappa shape index (κ1) is 20.4. The molecule has 4 rings (SSSR count). The molecule has 3 aromatic rings. The van der Waals surface area contributed by atoms with Crippen molar-refractivity contribution in [2.24, 2.45) is 5.92 Å². The van der Waals surface area contributed by atoms with Gasteiger partial charge in [0.1, 0.15) is 16.4 Å². The van der Waals surface area contributed by atoms with Crippen LogP contribution in [0.25, 0.3) is 21.6 Å². The summed E-state index contributed by atoms with van der Waals surface area (Å²) in [6.07, 6.45) is -0.252. The number of piperazine rings is 1. The molecule has 1 aliphatic heterocycles. The smallest absolute Gasteiger partial charge is 0.409 e. The second-order valence-electron chi connectivity index (χ2n) is 7.93. The topological polar surface area (TPSA) is 78.8 Å². The first-order valence-electron chi connectivity index (χ1n) is 10.1. The van der Waals surface area contributed by atoms with E-state index in [4.69, 9.17) is 14.7 Å². The number of fused-ring (bicyclic) bond motifs is 1. The lowest BCUT2D eigenvalue weighted by atomic mass is 10.1. The minimum Gasteiger partial charge on any atom is -0.507 e. The van der Waals surface area contributed by atoms with Gasteiger partial charge in [-0.05, 0) is 35.9 Å². The van der Waals surface area contributed by atoms with Crippen LogP contribution in [-0.2, 0) is 4.74 Å². The van der Waals surface area contributed by atoms with E-state index in [9.17, 15) is 9.90 Å². The Balaban J connectivity index is 1.61. The lowest BCUT2D eigenvalue weighted by molar-refractivity contribution is 0.0901. The third-order valence-electron chi connectivity index (χ3n) is 5.12. The van der Waals surface area contributed by atoms with E-state index in [0.29, 0.717) is 50.1 Å². The fourth-order valence-corrected chi connectivity index (χ4v) is 4.42. The number of phenols is 1. The van der Waals surface area contributed by atoms with Crippen molar-refractivity contribution >= 4 is 33.5 Å². The number of ether oxygens (including phenoxy) is 1. The number of amides is 1. The summed E-state index contributed by atoms with van der Waals surface area (Å²) in [6, 6.07) is 7.11. The molecule has 1 amide bonds. The van der Waals surface area contributed by atoms with Crippen molar-refractivity contribution in [2.75, 3.05) is 37.7 Å². The molecule has 0 bridgehead atoms. The quantitative estimate of drug-likeness (QED) is 0.671. The molecular formula is C22H26N4O3S. The lowest BCUT2D eigenvalue weighted by Crippen LogP contribution is -2.49. The maximum Gasteiger partial charge on any atom is 0.409 e. The van der Waals surface area contributed by atoms with Gasteiger partial charge >= 0.3 is 6.09 Å². The molecule has 30 heavy (non-hydrogen) atoms. The summed E-state index contributed by atoms with van der Waals surface area (Å²) in [5.41, 5.74) is 1.75. The molecule has 8 heteroatoms. The second kappa shape index (κ2) is 8.47. The second-order valence-corrected chi connectivity index (χ2v) is 8.79. The standard InChI is InChI=1S/C22H26N4O3S/c1-14(2)12-29-22(28)26-10-8-25(9-11-26)20-18-15(3)13-30-21(18)24-19(23-20)16-6-4-5-7-17(16)27/h4-7,13-14,27H,8-12H2,1-3H3. The van der Waals surface area contributed by atoms with Gasteiger partial charge < -0.3 is 19.6 Å². The fraction of sp³-hybridized carbons (Fsp3) is 0.409. The van der Waals surface area contributed by atoms with Crippen LogP contribution in [0.5, 0.6) is 5.75 Å². The lowest BCUT2D eigenvalue weighted by Gasteiger charge is -2.35. The Morgan fingerprint density at radius 3 is 2.63 bits per heavy atom. The molecule has 3 heterocycles. The highest BCUT2D eigenvalue weighted by Crippen LogP contribution is 2.36. The molecule has 0 radical (unpaired) electrons. The highest BCUT2D eigenvalue weighted by atomic mass is 32.1. The van der Waals surface area contributed by atoms with Crippen molar-refractivity contribution in [3.63, 3.8) is 0 Å². The minimum absolute atomic E-state index is 0.161. The molecule has 1 aliphatic rings. The molecule has 0 spiro atoms. The average Bonchev–Trinajstić information content (AvgIpc) is 3.12. The van der Waals surface area contributed by atoms with E-state index in [1.165, 1.54) is 0 Å². The van der Waals surface area contributed by atoms with Crippen LogP contribution < -0.4 is 4.90 Å². The number of aromatic hydroxyl groups is 1. The van der Waals surface area contributed by atoms with Gasteiger partial charge in [0.25, 0.3) is 0 Å². The van der Waals surface area contributed by atoms with Gasteiger partial charge in [-0.25, -0.2) is 14.8 Å². The fourth-order valence-electron chi connectivity index (χ4n) is 3.50. The molecule has 1 aromatic carbocycles. The Bertz CT molecular complexity index is 1060. The molecule has 7 nitrogen and oxygen atoms in total. The maximum atomic E-state index is 12.3. The van der Waals surface area contributed by atoms with Crippen molar-refractivity contribution in [1.29, 1.82) is 0 Å². The number of hydrogen-bond acceptors (Lipinski definition) is 7. The van der Waals surface area contributed by atoms with Crippen molar-refractivity contribution in [3.05, 3.63) is 35.2 Å². The Morgan fingerprint density at radius 2 is 1.93 bits per heavy atom. The number of para-hydroxylation sites is 1. The van der Waals surface area contributed by atoms with E-state index in [0.717, 1.165) is 21.6 Å². The Morgan fingerprint density at radius 1 is 1.20 bits per heavy atom. The molecule has 0 unspecified atom stereocenters. The van der Waals surface area contributed by atoms with Crippen LogP contribution in [0.2, 0.25) is 0 Å². The van der Waals surface area contributed by atoms with Gasteiger partial charge in [0.15, 0.2) is 5.82 Å². The third kappa shape index (κ3) is 4.05. The largest absolute Gasteiger partial charge is 0.507 e. The van der Waals surface area contributed by atoms with Crippen LogP contribution in [0.15, 0.2) is 29.6 Å². The Kier molecular flexibility index (Phi) is 5.76. The van der Waals surface area contributed by atoms with E-state index >= 15 is 0 Å². The first-order valence-corrected chi connectivity index (χ1v) is 11.0. The molecule has 1 fully saturated rings. The van der Waals surface area contributed by atoms with Gasteiger partial charge in [0, 0.05) is 26.2 Å². The summed E-state index contributed by atoms with van der Waals surface area (Å²) in [5, 5.41) is 13.4. The number of phenolic OH excluding ortho intramolecular Hbond substituents is 1. The normalized spacial score (nSPS) is 14.5. The van der Waals surface area contributed by atoms with Gasteiger partial charge in [-0.3, -0.25) is 0 Å². The summed E-state index contributed by atoms with van der Waals surface area (Å²) in [6.45, 7) is 9.04. The summed E-state index contributed by atoms with van der Waals surface area (Å²) in [4.78, 5) is 26.7. The van der Waals surface area contributed by atoms with Crippen molar-refractivity contribution < 1.29 is 14.6 Å². The number of rotatable bonds is 4. The number of thiophene rings is 1. The average molecular weight is 427 g/mol. The van der Waals surface area contributed by atoms with Crippen LogP contribution in [0, 0.1) is 12.8 Å². The van der Waals surface area contributed by atoms with Crippen LogP contribution in [0.3, 0.4) is 0 Å². The Labute approximate surface area is 179 Å². The molecule has 1 N–H and O–H groups in total. The third-order valence-corrected chi connectivity index (χ3v) is 6.11. The van der Waals surface area contributed by atoms with Crippen molar-refractivity contribution in [1.82, 2.24) is 14.9 Å². The van der Waals surface area contributed by atoms with E-state index in [1.807, 2.05) is 26.0 Å². The molecule has 0 aliphatic carbocycles. The number of carbonyl (C=O) groups excluding carboxylic acids is 1. The monoisotopic (exact) mass is 426 g/mol. The van der Waals surface area contributed by atoms with Crippen molar-refractivity contribution in [3.8, 4) is 17.1 Å². The zero-order valence-electron chi connectivity index (χ0n) is 17.5. The number of hydrogen-bond donors (Lipinski definition) is 1. The van der Waals surface area contributed by atoms with E-state index in [-0.39, 0.29) is 11.8 Å². The molecular weight excluding hydrogens is 400 g/mol. The summed E-state index contributed by atoms with van der Waals surface area (Å²) in [7, 11) is 0. The molecule has 2 aromatic heterocycles.